The molecule has 0 unspecified atom stereocenters. The van der Waals surface area contributed by atoms with Crippen LogP contribution < -0.4 is 5.73 Å². The second-order valence-corrected chi connectivity index (χ2v) is 2.20. The van der Waals surface area contributed by atoms with Gasteiger partial charge in [-0.25, -0.2) is 0 Å². The van der Waals surface area contributed by atoms with Crippen molar-refractivity contribution in [2.75, 3.05) is 0 Å². The molecule has 0 saturated heterocycles. The second-order valence-electron chi connectivity index (χ2n) is 2.20. The Morgan fingerprint density at radius 1 is 1.00 bits per heavy atom. The number of nitrogens with one attached hydrogen (secondary N) is 1. The van der Waals surface area contributed by atoms with E-state index in [1.807, 2.05) is 6.08 Å². The molecule has 0 fully saturated rings. The van der Waals surface area contributed by atoms with Gasteiger partial charge in [0, 0.05) is 5.70 Å². The second kappa shape index (κ2) is 3.56. The van der Waals surface area contributed by atoms with E-state index in [9.17, 15) is 0 Å². The molecule has 1 aliphatic rings. The molecule has 0 aromatic heterocycles. The topological polar surface area (TPSA) is 49.9 Å². The standard InChI is InChI=1S/C9H10N2/c10-8-4-1-2-5-9(11)7-3-6-8/h1-7,10H,11H2/b4-1?,5-2-,6-3-,9-7+,10-8?. The molecule has 0 spiro atoms. The fourth-order valence-electron chi connectivity index (χ4n) is 0.700. The van der Waals surface area contributed by atoms with Crippen LogP contribution in [0.2, 0.25) is 0 Å². The van der Waals surface area contributed by atoms with Gasteiger partial charge >= 0.3 is 0 Å². The number of nitrogens with two attached hydrogens (primary N) is 1. The molecular weight excluding hydrogens is 136 g/mol. The van der Waals surface area contributed by atoms with E-state index >= 15 is 0 Å². The number of allylic oxidation sites excluding steroid dienone is 7. The van der Waals surface area contributed by atoms with Gasteiger partial charge in [0.1, 0.15) is 0 Å². The molecule has 0 saturated carbocycles. The summed E-state index contributed by atoms with van der Waals surface area (Å²) in [5.41, 5.74) is 6.71. The molecule has 0 atom stereocenters. The van der Waals surface area contributed by atoms with Crippen molar-refractivity contribution in [3.63, 3.8) is 0 Å². The highest BCUT2D eigenvalue weighted by Gasteiger charge is 1.83. The summed E-state index contributed by atoms with van der Waals surface area (Å²) < 4.78 is 0. The predicted molar refractivity (Wildman–Crippen MR) is 47.4 cm³/mol. The van der Waals surface area contributed by atoms with E-state index in [-0.39, 0.29) is 0 Å². The van der Waals surface area contributed by atoms with Gasteiger partial charge < -0.3 is 11.1 Å². The highest BCUT2D eigenvalue weighted by atomic mass is 14.5. The van der Waals surface area contributed by atoms with Gasteiger partial charge in [0.25, 0.3) is 0 Å². The molecule has 0 aliphatic heterocycles. The van der Waals surface area contributed by atoms with Crippen molar-refractivity contribution in [3.05, 3.63) is 48.2 Å². The first-order valence-electron chi connectivity index (χ1n) is 3.36. The van der Waals surface area contributed by atoms with Crippen molar-refractivity contribution in [1.29, 1.82) is 5.41 Å². The van der Waals surface area contributed by atoms with Crippen molar-refractivity contribution in [3.8, 4) is 0 Å². The summed E-state index contributed by atoms with van der Waals surface area (Å²) in [7, 11) is 0. The average molecular weight is 146 g/mol. The van der Waals surface area contributed by atoms with Crippen LogP contribution in [0.3, 0.4) is 0 Å². The number of hydrogen-bond donors (Lipinski definition) is 2. The third-order valence-corrected chi connectivity index (χ3v) is 1.24. The molecule has 56 valence electrons. The lowest BCUT2D eigenvalue weighted by Crippen LogP contribution is -1.90. The largest absolute Gasteiger partial charge is 0.399 e. The molecule has 11 heavy (non-hydrogen) atoms. The Labute approximate surface area is 65.9 Å². The predicted octanol–water partition coefficient (Wildman–Crippen LogP) is 1.53. The van der Waals surface area contributed by atoms with Gasteiger partial charge in [0.15, 0.2) is 0 Å². The van der Waals surface area contributed by atoms with Crippen molar-refractivity contribution in [1.82, 2.24) is 0 Å². The van der Waals surface area contributed by atoms with E-state index in [4.69, 9.17) is 11.1 Å². The summed E-state index contributed by atoms with van der Waals surface area (Å²) in [6.45, 7) is 0. The van der Waals surface area contributed by atoms with E-state index in [0.717, 1.165) is 0 Å². The van der Waals surface area contributed by atoms with Crippen molar-refractivity contribution >= 4 is 5.71 Å². The lowest BCUT2D eigenvalue weighted by Gasteiger charge is -1.84. The van der Waals surface area contributed by atoms with Crippen LogP contribution in [0.15, 0.2) is 48.2 Å². The summed E-state index contributed by atoms with van der Waals surface area (Å²) >= 11 is 0. The van der Waals surface area contributed by atoms with Crippen LogP contribution >= 0.6 is 0 Å². The fraction of sp³-hybridized carbons (Fsp3) is 0. The molecule has 2 nitrogen and oxygen atoms in total. The Bertz CT molecular complexity index is 267. The van der Waals surface area contributed by atoms with E-state index in [1.54, 1.807) is 36.5 Å². The fourth-order valence-corrected chi connectivity index (χ4v) is 0.700. The number of rotatable bonds is 0. The third-order valence-electron chi connectivity index (χ3n) is 1.24. The molecule has 2 heteroatoms. The molecule has 1 rings (SSSR count). The van der Waals surface area contributed by atoms with Crippen LogP contribution in [-0.4, -0.2) is 5.71 Å². The van der Waals surface area contributed by atoms with Crippen LogP contribution in [-0.2, 0) is 0 Å². The lowest BCUT2D eigenvalue weighted by molar-refractivity contribution is 1.43. The van der Waals surface area contributed by atoms with Crippen molar-refractivity contribution < 1.29 is 0 Å². The Balaban J connectivity index is 2.89. The van der Waals surface area contributed by atoms with Gasteiger partial charge in [-0.05, 0) is 24.3 Å². The zero-order valence-corrected chi connectivity index (χ0v) is 6.12. The Kier molecular flexibility index (Phi) is 2.44. The van der Waals surface area contributed by atoms with Crippen molar-refractivity contribution in [2.45, 2.75) is 0 Å². The van der Waals surface area contributed by atoms with Gasteiger partial charge in [0.05, 0.1) is 5.71 Å². The molecule has 1 aliphatic carbocycles. The van der Waals surface area contributed by atoms with E-state index in [1.165, 1.54) is 0 Å². The quantitative estimate of drug-likeness (QED) is 0.535. The number of hydrogen-bond acceptors (Lipinski definition) is 2. The lowest BCUT2D eigenvalue weighted by atomic mass is 10.3. The zero-order chi connectivity index (χ0) is 8.10. The average Bonchev–Trinajstić information content (AvgIpc) is 2.04. The van der Waals surface area contributed by atoms with E-state index in [0.29, 0.717) is 11.4 Å². The monoisotopic (exact) mass is 146 g/mol. The van der Waals surface area contributed by atoms with Gasteiger partial charge in [-0.2, -0.15) is 0 Å². The smallest absolute Gasteiger partial charge is 0.0539 e. The molecule has 0 aromatic carbocycles. The van der Waals surface area contributed by atoms with Crippen LogP contribution in [0.4, 0.5) is 0 Å². The summed E-state index contributed by atoms with van der Waals surface area (Å²) in [6.07, 6.45) is 12.3. The molecule has 0 radical (unpaired) electrons. The molecule has 0 aromatic rings. The molecule has 0 bridgehead atoms. The van der Waals surface area contributed by atoms with Crippen molar-refractivity contribution in [2.24, 2.45) is 5.73 Å². The normalized spacial score (nSPS) is 27.6. The summed E-state index contributed by atoms with van der Waals surface area (Å²) in [5.74, 6) is 0. The van der Waals surface area contributed by atoms with E-state index < -0.39 is 0 Å². The van der Waals surface area contributed by atoms with Gasteiger partial charge in [-0.1, -0.05) is 18.2 Å². The minimum atomic E-state index is 0.473. The SMILES string of the molecule is N=C1C=C\C=C/C(N)=C\C=C/1. The maximum Gasteiger partial charge on any atom is 0.0539 e. The zero-order valence-electron chi connectivity index (χ0n) is 6.12. The first-order chi connectivity index (χ1) is 5.29. The van der Waals surface area contributed by atoms with Gasteiger partial charge in [-0.15, -0.1) is 0 Å². The highest BCUT2D eigenvalue weighted by Crippen LogP contribution is 1.93. The maximum absolute atomic E-state index is 7.31. The van der Waals surface area contributed by atoms with Crippen LogP contribution in [0.5, 0.6) is 0 Å². The minimum Gasteiger partial charge on any atom is -0.399 e. The van der Waals surface area contributed by atoms with E-state index in [2.05, 4.69) is 0 Å². The Hall–Kier alpha value is -1.57. The first kappa shape index (κ1) is 7.54. The Morgan fingerprint density at radius 2 is 1.64 bits per heavy atom. The summed E-state index contributed by atoms with van der Waals surface area (Å²) in [5, 5.41) is 7.31. The Morgan fingerprint density at radius 3 is 2.45 bits per heavy atom. The summed E-state index contributed by atoms with van der Waals surface area (Å²) in [4.78, 5) is 0. The van der Waals surface area contributed by atoms with Crippen LogP contribution in [0.1, 0.15) is 0 Å². The molecule has 3 N–H and O–H groups in total. The molecule has 0 amide bonds. The minimum absolute atomic E-state index is 0.473. The molecule has 0 heterocycles. The van der Waals surface area contributed by atoms with Gasteiger partial charge in [0.2, 0.25) is 0 Å². The highest BCUT2D eigenvalue weighted by molar-refractivity contribution is 6.01. The third kappa shape index (κ3) is 2.67. The summed E-state index contributed by atoms with van der Waals surface area (Å²) in [6, 6.07) is 0. The first-order valence-corrected chi connectivity index (χ1v) is 3.36. The van der Waals surface area contributed by atoms with Gasteiger partial charge in [-0.3, -0.25) is 0 Å². The maximum atomic E-state index is 7.31. The van der Waals surface area contributed by atoms with Crippen LogP contribution in [0.25, 0.3) is 0 Å². The van der Waals surface area contributed by atoms with Crippen LogP contribution in [0, 0.1) is 5.41 Å². The molecular formula is C9H10N2.